The van der Waals surface area contributed by atoms with E-state index >= 15 is 0 Å². The van der Waals surface area contributed by atoms with E-state index in [0.717, 1.165) is 17.8 Å². The van der Waals surface area contributed by atoms with Crippen LogP contribution in [0.5, 0.6) is 0 Å². The Balaban J connectivity index is 1.55. The first kappa shape index (κ1) is 22.2. The zero-order chi connectivity index (χ0) is 22.4. The maximum absolute atomic E-state index is 13.3. The molecule has 0 unspecified atom stereocenters. The van der Waals surface area contributed by atoms with Gasteiger partial charge in [0.1, 0.15) is 5.82 Å². The fourth-order valence-corrected chi connectivity index (χ4v) is 9.44. The third kappa shape index (κ3) is 4.36. The van der Waals surface area contributed by atoms with Gasteiger partial charge >= 0.3 is 0 Å². The monoisotopic (exact) mass is 466 g/mol. The topological polar surface area (TPSA) is 74.8 Å². The number of sulfone groups is 2. The van der Waals surface area contributed by atoms with Gasteiger partial charge in [-0.2, -0.15) is 0 Å². The average molecular weight is 467 g/mol. The molecule has 0 amide bonds. The molecule has 0 saturated carbocycles. The number of benzene rings is 2. The summed E-state index contributed by atoms with van der Waals surface area (Å²) in [6.45, 7) is 6.73. The van der Waals surface area contributed by atoms with Gasteiger partial charge in [0.25, 0.3) is 0 Å². The van der Waals surface area contributed by atoms with Gasteiger partial charge in [-0.25, -0.2) is 21.2 Å². The van der Waals surface area contributed by atoms with Gasteiger partial charge in [-0.1, -0.05) is 12.1 Å². The first-order valence-electron chi connectivity index (χ1n) is 10.3. The van der Waals surface area contributed by atoms with E-state index in [1.807, 2.05) is 11.0 Å². The number of hydrogen-bond donors (Lipinski definition) is 0. The van der Waals surface area contributed by atoms with Crippen molar-refractivity contribution in [2.24, 2.45) is 0 Å². The first-order chi connectivity index (χ1) is 14.6. The fourth-order valence-electron chi connectivity index (χ4n) is 4.61. The molecule has 2 atom stereocenters. The first-order valence-corrected chi connectivity index (χ1v) is 13.7. The van der Waals surface area contributed by atoms with Crippen molar-refractivity contribution in [1.82, 2.24) is 4.90 Å². The van der Waals surface area contributed by atoms with Gasteiger partial charge in [-0.05, 0) is 55.3 Å². The third-order valence-electron chi connectivity index (χ3n) is 6.51. The van der Waals surface area contributed by atoms with Gasteiger partial charge in [-0.15, -0.1) is 0 Å². The fraction of sp³-hybridized carbons (Fsp3) is 0.455. The molecule has 2 aromatic rings. The Morgan fingerprint density at radius 3 is 2.23 bits per heavy atom. The zero-order valence-corrected chi connectivity index (χ0v) is 19.3. The Morgan fingerprint density at radius 2 is 1.58 bits per heavy atom. The van der Waals surface area contributed by atoms with Crippen molar-refractivity contribution in [3.63, 3.8) is 0 Å². The Morgan fingerprint density at radius 1 is 0.935 bits per heavy atom. The summed E-state index contributed by atoms with van der Waals surface area (Å²) in [7, 11) is -7.38. The van der Waals surface area contributed by atoms with Crippen LogP contribution < -0.4 is 4.90 Å². The second-order valence-electron chi connectivity index (χ2n) is 8.42. The Hall–Kier alpha value is -1.97. The summed E-state index contributed by atoms with van der Waals surface area (Å²) < 4.78 is 64.6. The molecule has 168 valence electrons. The molecule has 0 radical (unpaired) electrons. The van der Waals surface area contributed by atoms with Crippen molar-refractivity contribution in [2.75, 3.05) is 42.6 Å². The minimum Gasteiger partial charge on any atom is -0.369 e. The lowest BCUT2D eigenvalue weighted by molar-refractivity contribution is 0.201. The van der Waals surface area contributed by atoms with Crippen LogP contribution in [0.3, 0.4) is 0 Å². The van der Waals surface area contributed by atoms with E-state index in [1.54, 1.807) is 0 Å². The SMILES string of the molecule is Cc1cccc(N2CCN([C@@H]3CS(=O)(=O)C[C@H]3S(=O)(=O)c3ccc(F)cc3)CC2)c1C. The Bertz CT molecular complexity index is 1170. The smallest absolute Gasteiger partial charge is 0.183 e. The van der Waals surface area contributed by atoms with Crippen LogP contribution >= 0.6 is 0 Å². The summed E-state index contributed by atoms with van der Waals surface area (Å²) in [5.74, 6) is -1.09. The number of anilines is 1. The highest BCUT2D eigenvalue weighted by molar-refractivity contribution is 7.96. The summed E-state index contributed by atoms with van der Waals surface area (Å²) in [5, 5.41) is -1.05. The van der Waals surface area contributed by atoms with E-state index in [1.165, 1.54) is 23.3 Å². The average Bonchev–Trinajstić information content (AvgIpc) is 3.07. The molecule has 0 aliphatic carbocycles. The molecule has 2 fully saturated rings. The maximum Gasteiger partial charge on any atom is 0.183 e. The summed E-state index contributed by atoms with van der Waals surface area (Å²) in [6, 6.07) is 10.2. The second kappa shape index (κ2) is 8.18. The van der Waals surface area contributed by atoms with Crippen LogP contribution in [0.1, 0.15) is 11.1 Å². The molecule has 2 aromatic carbocycles. The maximum atomic E-state index is 13.3. The minimum absolute atomic E-state index is 0.0324. The van der Waals surface area contributed by atoms with Crippen molar-refractivity contribution in [2.45, 2.75) is 30.0 Å². The molecule has 6 nitrogen and oxygen atoms in total. The second-order valence-corrected chi connectivity index (χ2v) is 12.7. The van der Waals surface area contributed by atoms with Crippen molar-refractivity contribution >= 4 is 25.4 Å². The van der Waals surface area contributed by atoms with Crippen LogP contribution in [0.2, 0.25) is 0 Å². The zero-order valence-electron chi connectivity index (χ0n) is 17.7. The molecule has 9 heteroatoms. The van der Waals surface area contributed by atoms with Crippen molar-refractivity contribution in [3.05, 3.63) is 59.4 Å². The van der Waals surface area contributed by atoms with E-state index in [-0.39, 0.29) is 10.6 Å². The van der Waals surface area contributed by atoms with E-state index in [2.05, 4.69) is 30.9 Å². The predicted molar refractivity (Wildman–Crippen MR) is 120 cm³/mol. The standard InChI is InChI=1S/C22H27FN2O4S2/c1-16-4-3-5-20(17(16)2)24-10-12-25(13-11-24)21-14-30(26,27)15-22(21)31(28,29)19-8-6-18(23)7-9-19/h3-9,21-22H,10-15H2,1-2H3/t21-,22-/m1/s1. The number of piperazine rings is 1. The lowest BCUT2D eigenvalue weighted by atomic mass is 10.1. The van der Waals surface area contributed by atoms with E-state index in [9.17, 15) is 21.2 Å². The Labute approximate surface area is 183 Å². The molecule has 2 heterocycles. The van der Waals surface area contributed by atoms with Gasteiger partial charge in [0.05, 0.1) is 21.7 Å². The van der Waals surface area contributed by atoms with E-state index in [0.29, 0.717) is 26.2 Å². The number of hydrogen-bond acceptors (Lipinski definition) is 6. The van der Waals surface area contributed by atoms with E-state index < -0.39 is 42.5 Å². The largest absolute Gasteiger partial charge is 0.369 e. The molecule has 2 aliphatic rings. The van der Waals surface area contributed by atoms with E-state index in [4.69, 9.17) is 0 Å². The summed E-state index contributed by atoms with van der Waals surface area (Å²) in [6.07, 6.45) is 0. The molecular formula is C22H27FN2O4S2. The van der Waals surface area contributed by atoms with Crippen molar-refractivity contribution in [3.8, 4) is 0 Å². The van der Waals surface area contributed by atoms with Crippen molar-refractivity contribution in [1.29, 1.82) is 0 Å². The molecule has 0 aromatic heterocycles. The summed E-state index contributed by atoms with van der Waals surface area (Å²) >= 11 is 0. The molecule has 31 heavy (non-hydrogen) atoms. The van der Waals surface area contributed by atoms with Gasteiger partial charge in [0.2, 0.25) is 0 Å². The Kier molecular flexibility index (Phi) is 5.87. The van der Waals surface area contributed by atoms with Crippen LogP contribution in [0.25, 0.3) is 0 Å². The number of aryl methyl sites for hydroxylation is 1. The molecule has 0 spiro atoms. The van der Waals surface area contributed by atoms with Crippen LogP contribution in [0.4, 0.5) is 10.1 Å². The summed E-state index contributed by atoms with van der Waals surface area (Å²) in [4.78, 5) is 4.24. The highest BCUT2D eigenvalue weighted by Gasteiger charge is 2.48. The summed E-state index contributed by atoms with van der Waals surface area (Å²) in [5.41, 5.74) is 3.60. The van der Waals surface area contributed by atoms with Gasteiger partial charge in [0.15, 0.2) is 19.7 Å². The molecular weight excluding hydrogens is 439 g/mol. The van der Waals surface area contributed by atoms with Crippen LogP contribution in [0.15, 0.2) is 47.4 Å². The molecule has 0 bridgehead atoms. The van der Waals surface area contributed by atoms with Crippen LogP contribution in [-0.4, -0.2) is 70.7 Å². The van der Waals surface area contributed by atoms with Gasteiger partial charge in [0, 0.05) is 37.9 Å². The quantitative estimate of drug-likeness (QED) is 0.644. The highest BCUT2D eigenvalue weighted by Crippen LogP contribution is 2.31. The molecule has 4 rings (SSSR count). The van der Waals surface area contributed by atoms with Gasteiger partial charge < -0.3 is 4.90 Å². The third-order valence-corrected chi connectivity index (χ3v) is 10.6. The molecule has 2 saturated heterocycles. The minimum atomic E-state index is -3.90. The number of halogens is 1. The van der Waals surface area contributed by atoms with Gasteiger partial charge in [-0.3, -0.25) is 4.90 Å². The van der Waals surface area contributed by atoms with Crippen molar-refractivity contribution < 1.29 is 21.2 Å². The normalized spacial score (nSPS) is 24.4. The highest BCUT2D eigenvalue weighted by atomic mass is 32.2. The lowest BCUT2D eigenvalue weighted by Gasteiger charge is -2.40. The molecule has 0 N–H and O–H groups in total. The lowest BCUT2D eigenvalue weighted by Crippen LogP contribution is -2.55. The number of nitrogens with zero attached hydrogens (tertiary/aromatic N) is 2. The molecule has 2 aliphatic heterocycles. The van der Waals surface area contributed by atoms with Crippen LogP contribution in [-0.2, 0) is 19.7 Å². The van der Waals surface area contributed by atoms with Crippen LogP contribution in [0, 0.1) is 19.7 Å². The predicted octanol–water partition coefficient (Wildman–Crippen LogP) is 2.20. The number of rotatable bonds is 4.